The van der Waals surface area contributed by atoms with E-state index >= 15 is 0 Å². The van der Waals surface area contributed by atoms with Crippen molar-refractivity contribution in [2.24, 2.45) is 5.73 Å². The van der Waals surface area contributed by atoms with Crippen molar-refractivity contribution in [3.05, 3.63) is 21.9 Å². The molecule has 2 atom stereocenters. The van der Waals surface area contributed by atoms with E-state index in [2.05, 4.69) is 31.3 Å². The third-order valence-corrected chi connectivity index (χ3v) is 4.23. The van der Waals surface area contributed by atoms with Crippen molar-refractivity contribution in [2.75, 3.05) is 13.2 Å². The Labute approximate surface area is 108 Å². The van der Waals surface area contributed by atoms with Gasteiger partial charge in [-0.05, 0) is 38.3 Å². The monoisotopic (exact) mass is 256 g/mol. The molecule has 0 amide bonds. The van der Waals surface area contributed by atoms with Gasteiger partial charge in [-0.3, -0.25) is 0 Å². The first kappa shape index (κ1) is 14.6. The van der Waals surface area contributed by atoms with Gasteiger partial charge >= 0.3 is 0 Å². The van der Waals surface area contributed by atoms with E-state index in [1.165, 1.54) is 9.75 Å². The summed E-state index contributed by atoms with van der Waals surface area (Å²) in [6.07, 6.45) is 2.91. The van der Waals surface area contributed by atoms with Gasteiger partial charge in [0.25, 0.3) is 0 Å². The predicted octanol–water partition coefficient (Wildman–Crippen LogP) is 2.06. The van der Waals surface area contributed by atoms with Crippen LogP contribution in [0.5, 0.6) is 0 Å². The van der Waals surface area contributed by atoms with Gasteiger partial charge in [0.05, 0.1) is 6.04 Å². The van der Waals surface area contributed by atoms with Crippen molar-refractivity contribution in [1.29, 1.82) is 0 Å². The molecule has 0 saturated carbocycles. The number of rotatable bonds is 8. The molecule has 1 aromatic heterocycles. The van der Waals surface area contributed by atoms with Crippen molar-refractivity contribution < 1.29 is 5.11 Å². The average Bonchev–Trinajstić information content (AvgIpc) is 2.82. The fourth-order valence-corrected chi connectivity index (χ4v) is 2.89. The van der Waals surface area contributed by atoms with Crippen molar-refractivity contribution in [2.45, 2.75) is 45.2 Å². The first-order valence-electron chi connectivity index (χ1n) is 6.36. The van der Waals surface area contributed by atoms with Crippen LogP contribution in [-0.2, 0) is 6.42 Å². The fourth-order valence-electron chi connectivity index (χ4n) is 1.86. The number of aliphatic hydroxyl groups is 1. The number of hydrogen-bond donors (Lipinski definition) is 3. The molecule has 0 saturated heterocycles. The molecule has 1 rings (SSSR count). The van der Waals surface area contributed by atoms with Gasteiger partial charge in [-0.2, -0.15) is 0 Å². The van der Waals surface area contributed by atoms with E-state index in [1.54, 1.807) is 0 Å². The molecule has 3 nitrogen and oxygen atoms in total. The van der Waals surface area contributed by atoms with Gasteiger partial charge in [0.15, 0.2) is 0 Å². The SMILES string of the molecule is CCc1ccc(C(CN)NC(C)CCCO)s1. The van der Waals surface area contributed by atoms with Gasteiger partial charge in [0.1, 0.15) is 0 Å². The molecule has 0 aliphatic heterocycles. The van der Waals surface area contributed by atoms with E-state index < -0.39 is 0 Å². The minimum absolute atomic E-state index is 0.244. The van der Waals surface area contributed by atoms with Gasteiger partial charge in [-0.15, -0.1) is 11.3 Å². The Morgan fingerprint density at radius 3 is 2.76 bits per heavy atom. The fraction of sp³-hybridized carbons (Fsp3) is 0.692. The minimum atomic E-state index is 0.244. The lowest BCUT2D eigenvalue weighted by molar-refractivity contribution is 0.274. The molecule has 17 heavy (non-hydrogen) atoms. The van der Waals surface area contributed by atoms with E-state index in [0.29, 0.717) is 12.6 Å². The summed E-state index contributed by atoms with van der Waals surface area (Å²) in [6, 6.07) is 4.99. The summed E-state index contributed by atoms with van der Waals surface area (Å²) < 4.78 is 0. The Bertz CT molecular complexity index is 314. The quantitative estimate of drug-likeness (QED) is 0.667. The highest BCUT2D eigenvalue weighted by Crippen LogP contribution is 2.23. The lowest BCUT2D eigenvalue weighted by Gasteiger charge is -2.21. The lowest BCUT2D eigenvalue weighted by atomic mass is 10.1. The molecule has 4 N–H and O–H groups in total. The molecule has 4 heteroatoms. The van der Waals surface area contributed by atoms with Crippen LogP contribution in [0.1, 0.15) is 42.5 Å². The lowest BCUT2D eigenvalue weighted by Crippen LogP contribution is -2.34. The average molecular weight is 256 g/mol. The van der Waals surface area contributed by atoms with Crippen LogP contribution in [0.4, 0.5) is 0 Å². The van der Waals surface area contributed by atoms with Gasteiger partial charge in [0, 0.05) is 28.9 Å². The van der Waals surface area contributed by atoms with Crippen molar-refractivity contribution in [1.82, 2.24) is 5.32 Å². The molecule has 0 spiro atoms. The highest BCUT2D eigenvalue weighted by molar-refractivity contribution is 7.12. The maximum absolute atomic E-state index is 8.81. The van der Waals surface area contributed by atoms with Crippen LogP contribution < -0.4 is 11.1 Å². The van der Waals surface area contributed by atoms with Crippen LogP contribution in [0, 0.1) is 0 Å². The van der Waals surface area contributed by atoms with Crippen LogP contribution in [0.2, 0.25) is 0 Å². The zero-order valence-electron chi connectivity index (χ0n) is 10.8. The molecular weight excluding hydrogens is 232 g/mol. The Kier molecular flexibility index (Phi) is 6.73. The molecule has 0 radical (unpaired) electrons. The smallest absolute Gasteiger partial charge is 0.0541 e. The Hall–Kier alpha value is -0.420. The molecular formula is C13H24N2OS. The maximum Gasteiger partial charge on any atom is 0.0541 e. The summed E-state index contributed by atoms with van der Waals surface area (Å²) in [5.41, 5.74) is 5.83. The third-order valence-electron chi connectivity index (χ3n) is 2.89. The number of nitrogens with one attached hydrogen (secondary N) is 1. The summed E-state index contributed by atoms with van der Waals surface area (Å²) in [5.74, 6) is 0. The van der Waals surface area contributed by atoms with E-state index in [1.807, 2.05) is 11.3 Å². The van der Waals surface area contributed by atoms with Crippen molar-refractivity contribution >= 4 is 11.3 Å². The van der Waals surface area contributed by atoms with E-state index in [0.717, 1.165) is 19.3 Å². The summed E-state index contributed by atoms with van der Waals surface area (Å²) in [6.45, 7) is 5.20. The highest BCUT2D eigenvalue weighted by atomic mass is 32.1. The molecule has 1 heterocycles. The van der Waals surface area contributed by atoms with Crippen molar-refractivity contribution in [3.63, 3.8) is 0 Å². The molecule has 0 bridgehead atoms. The molecule has 0 aliphatic carbocycles. The van der Waals surface area contributed by atoms with E-state index in [-0.39, 0.29) is 12.6 Å². The summed E-state index contributed by atoms with van der Waals surface area (Å²) in [4.78, 5) is 2.73. The molecule has 0 aromatic carbocycles. The van der Waals surface area contributed by atoms with Gasteiger partial charge in [0.2, 0.25) is 0 Å². The van der Waals surface area contributed by atoms with Crippen molar-refractivity contribution in [3.8, 4) is 0 Å². The predicted molar refractivity (Wildman–Crippen MR) is 74.4 cm³/mol. The first-order valence-corrected chi connectivity index (χ1v) is 7.18. The van der Waals surface area contributed by atoms with Gasteiger partial charge < -0.3 is 16.2 Å². The second kappa shape index (κ2) is 7.82. The van der Waals surface area contributed by atoms with Crippen LogP contribution in [0.3, 0.4) is 0 Å². The van der Waals surface area contributed by atoms with Gasteiger partial charge in [-0.1, -0.05) is 6.92 Å². The second-order valence-corrected chi connectivity index (χ2v) is 5.58. The number of nitrogens with two attached hydrogens (primary N) is 1. The Morgan fingerprint density at radius 2 is 2.24 bits per heavy atom. The normalized spacial score (nSPS) is 14.8. The third kappa shape index (κ3) is 4.76. The topological polar surface area (TPSA) is 58.3 Å². The van der Waals surface area contributed by atoms with Crippen LogP contribution >= 0.6 is 11.3 Å². The van der Waals surface area contributed by atoms with E-state index in [9.17, 15) is 0 Å². The Balaban J connectivity index is 2.52. The number of aliphatic hydroxyl groups excluding tert-OH is 1. The number of hydrogen-bond acceptors (Lipinski definition) is 4. The molecule has 1 aromatic rings. The highest BCUT2D eigenvalue weighted by Gasteiger charge is 2.14. The minimum Gasteiger partial charge on any atom is -0.396 e. The van der Waals surface area contributed by atoms with Crippen LogP contribution in [0.25, 0.3) is 0 Å². The maximum atomic E-state index is 8.81. The standard InChI is InChI=1S/C13H24N2OS/c1-3-11-6-7-13(17-11)12(9-14)15-10(2)5-4-8-16/h6-7,10,12,15-16H,3-5,8-9,14H2,1-2H3. The molecule has 0 aliphatic rings. The zero-order chi connectivity index (χ0) is 12.7. The second-order valence-electron chi connectivity index (χ2n) is 4.38. The Morgan fingerprint density at radius 1 is 1.47 bits per heavy atom. The van der Waals surface area contributed by atoms with Crippen LogP contribution in [0.15, 0.2) is 12.1 Å². The van der Waals surface area contributed by atoms with Gasteiger partial charge in [-0.25, -0.2) is 0 Å². The number of thiophene rings is 1. The summed E-state index contributed by atoms with van der Waals surface area (Å²) in [5, 5.41) is 12.3. The number of aryl methyl sites for hydroxylation is 1. The van der Waals surface area contributed by atoms with E-state index in [4.69, 9.17) is 10.8 Å². The zero-order valence-corrected chi connectivity index (χ0v) is 11.6. The first-order chi connectivity index (χ1) is 8.21. The molecule has 98 valence electrons. The van der Waals surface area contributed by atoms with Crippen LogP contribution in [-0.4, -0.2) is 24.3 Å². The molecule has 0 fully saturated rings. The summed E-state index contributed by atoms with van der Waals surface area (Å²) in [7, 11) is 0. The largest absolute Gasteiger partial charge is 0.396 e. The summed E-state index contributed by atoms with van der Waals surface area (Å²) >= 11 is 1.84. The molecule has 2 unspecified atom stereocenters.